The van der Waals surface area contributed by atoms with Crippen LogP contribution in [0.15, 0.2) is 36.7 Å². The van der Waals surface area contributed by atoms with Crippen molar-refractivity contribution in [1.82, 2.24) is 14.5 Å². The quantitative estimate of drug-likeness (QED) is 0.837. The van der Waals surface area contributed by atoms with Crippen LogP contribution >= 0.6 is 0 Å². The lowest BCUT2D eigenvalue weighted by Gasteiger charge is -2.35. The Balaban J connectivity index is 1.53. The van der Waals surface area contributed by atoms with Crippen molar-refractivity contribution in [3.05, 3.63) is 48.0 Å². The number of piperidine rings is 1. The lowest BCUT2D eigenvalue weighted by Crippen LogP contribution is -2.38. The van der Waals surface area contributed by atoms with Crippen LogP contribution < -0.4 is 4.74 Å². The zero-order valence-electron chi connectivity index (χ0n) is 14.9. The summed E-state index contributed by atoms with van der Waals surface area (Å²) < 4.78 is 7.10. The minimum atomic E-state index is -0.536. The van der Waals surface area contributed by atoms with Crippen LogP contribution in [0, 0.1) is 5.92 Å². The van der Waals surface area contributed by atoms with Crippen molar-refractivity contribution < 1.29 is 14.9 Å². The summed E-state index contributed by atoms with van der Waals surface area (Å²) in [5.74, 6) is 1.70. The molecule has 0 bridgehead atoms. The molecule has 3 rings (SSSR count). The molecule has 6 heteroatoms. The third kappa shape index (κ3) is 4.21. The SMILES string of the molecule is COc1cccc(C(O)CN2CCC(C(O)c3nccn3C)CC2)c1. The number of imidazole rings is 1. The maximum Gasteiger partial charge on any atom is 0.137 e. The summed E-state index contributed by atoms with van der Waals surface area (Å²) in [4.78, 5) is 6.52. The standard InChI is InChI=1S/C19H27N3O3/c1-21-11-8-20-19(21)18(24)14-6-9-22(10-7-14)13-17(23)15-4-3-5-16(12-15)25-2/h3-5,8,11-12,14,17-18,23-24H,6-7,9-10,13H2,1-2H3. The van der Waals surface area contributed by atoms with Crippen molar-refractivity contribution >= 4 is 0 Å². The van der Waals surface area contributed by atoms with Gasteiger partial charge in [0.05, 0.1) is 13.2 Å². The van der Waals surface area contributed by atoms with Gasteiger partial charge in [0.2, 0.25) is 0 Å². The molecule has 0 radical (unpaired) electrons. The highest BCUT2D eigenvalue weighted by atomic mass is 16.5. The summed E-state index contributed by atoms with van der Waals surface area (Å²) in [6, 6.07) is 7.57. The molecule has 2 heterocycles. The van der Waals surface area contributed by atoms with E-state index in [4.69, 9.17) is 4.74 Å². The van der Waals surface area contributed by atoms with Gasteiger partial charge in [0.25, 0.3) is 0 Å². The number of aryl methyl sites for hydroxylation is 1. The second-order valence-corrected chi connectivity index (χ2v) is 6.77. The highest BCUT2D eigenvalue weighted by Gasteiger charge is 2.29. The van der Waals surface area contributed by atoms with Gasteiger partial charge in [-0.05, 0) is 49.5 Å². The number of methoxy groups -OCH3 is 1. The fraction of sp³-hybridized carbons (Fsp3) is 0.526. The Morgan fingerprint density at radius 3 is 2.68 bits per heavy atom. The summed E-state index contributed by atoms with van der Waals surface area (Å²) in [6.45, 7) is 2.33. The molecule has 2 unspecified atom stereocenters. The Morgan fingerprint density at radius 1 is 1.28 bits per heavy atom. The number of aliphatic hydroxyl groups excluding tert-OH is 2. The van der Waals surface area contributed by atoms with Crippen molar-refractivity contribution in [2.45, 2.75) is 25.0 Å². The van der Waals surface area contributed by atoms with Gasteiger partial charge in [0.15, 0.2) is 0 Å². The van der Waals surface area contributed by atoms with E-state index in [-0.39, 0.29) is 5.92 Å². The molecule has 1 aliphatic heterocycles. The molecule has 1 aliphatic rings. The second-order valence-electron chi connectivity index (χ2n) is 6.77. The number of hydrogen-bond acceptors (Lipinski definition) is 5. The van der Waals surface area contributed by atoms with Crippen LogP contribution in [0.25, 0.3) is 0 Å². The minimum Gasteiger partial charge on any atom is -0.497 e. The fourth-order valence-corrected chi connectivity index (χ4v) is 3.52. The van der Waals surface area contributed by atoms with Crippen LogP contribution in [0.4, 0.5) is 0 Å². The van der Waals surface area contributed by atoms with Crippen LogP contribution in [0.2, 0.25) is 0 Å². The van der Waals surface area contributed by atoms with Gasteiger partial charge in [-0.2, -0.15) is 0 Å². The number of ether oxygens (including phenoxy) is 1. The van der Waals surface area contributed by atoms with Gasteiger partial charge in [0.1, 0.15) is 17.7 Å². The van der Waals surface area contributed by atoms with E-state index in [1.54, 1.807) is 13.3 Å². The van der Waals surface area contributed by atoms with Gasteiger partial charge in [-0.1, -0.05) is 12.1 Å². The monoisotopic (exact) mass is 345 g/mol. The molecule has 2 N–H and O–H groups in total. The van der Waals surface area contributed by atoms with E-state index >= 15 is 0 Å². The first-order chi connectivity index (χ1) is 12.1. The van der Waals surface area contributed by atoms with Gasteiger partial charge in [-0.25, -0.2) is 4.98 Å². The van der Waals surface area contributed by atoms with Crippen LogP contribution in [-0.2, 0) is 7.05 Å². The Kier molecular flexibility index (Phi) is 5.73. The van der Waals surface area contributed by atoms with E-state index in [0.29, 0.717) is 6.54 Å². The van der Waals surface area contributed by atoms with Crippen LogP contribution in [0.3, 0.4) is 0 Å². The van der Waals surface area contributed by atoms with Crippen molar-refractivity contribution in [3.63, 3.8) is 0 Å². The number of aromatic nitrogens is 2. The first-order valence-electron chi connectivity index (χ1n) is 8.78. The average Bonchev–Trinajstić information content (AvgIpc) is 3.07. The molecular formula is C19H27N3O3. The highest BCUT2D eigenvalue weighted by Crippen LogP contribution is 2.30. The maximum absolute atomic E-state index is 10.6. The van der Waals surface area contributed by atoms with Crippen molar-refractivity contribution in [3.8, 4) is 5.75 Å². The number of rotatable bonds is 6. The molecule has 0 aliphatic carbocycles. The predicted molar refractivity (Wildman–Crippen MR) is 95.3 cm³/mol. The Bertz CT molecular complexity index is 680. The zero-order chi connectivity index (χ0) is 17.8. The minimum absolute atomic E-state index is 0.214. The molecule has 1 aromatic carbocycles. The third-order valence-electron chi connectivity index (χ3n) is 5.11. The number of hydrogen-bond donors (Lipinski definition) is 2. The maximum atomic E-state index is 10.6. The second kappa shape index (κ2) is 7.99. The topological polar surface area (TPSA) is 70.8 Å². The number of benzene rings is 1. The first kappa shape index (κ1) is 17.9. The van der Waals surface area contributed by atoms with Crippen molar-refractivity contribution in [2.75, 3.05) is 26.7 Å². The van der Waals surface area contributed by atoms with Crippen molar-refractivity contribution in [1.29, 1.82) is 0 Å². The van der Waals surface area contributed by atoms with Gasteiger partial charge >= 0.3 is 0 Å². The number of nitrogens with zero attached hydrogens (tertiary/aromatic N) is 3. The summed E-state index contributed by atoms with van der Waals surface area (Å²) >= 11 is 0. The first-order valence-corrected chi connectivity index (χ1v) is 8.78. The van der Waals surface area contributed by atoms with Crippen LogP contribution in [0.5, 0.6) is 5.75 Å². The molecular weight excluding hydrogens is 318 g/mol. The molecule has 1 aromatic heterocycles. The van der Waals surface area contributed by atoms with Crippen molar-refractivity contribution in [2.24, 2.45) is 13.0 Å². The van der Waals surface area contributed by atoms with Gasteiger partial charge in [-0.3, -0.25) is 0 Å². The van der Waals surface area contributed by atoms with E-state index in [2.05, 4.69) is 9.88 Å². The van der Waals surface area contributed by atoms with Crippen LogP contribution in [-0.4, -0.2) is 51.4 Å². The largest absolute Gasteiger partial charge is 0.497 e. The smallest absolute Gasteiger partial charge is 0.137 e. The summed E-state index contributed by atoms with van der Waals surface area (Å²) in [6.07, 6.45) is 4.32. The van der Waals surface area contributed by atoms with Crippen LogP contribution in [0.1, 0.15) is 36.4 Å². The van der Waals surface area contributed by atoms with E-state index in [0.717, 1.165) is 43.1 Å². The normalized spacial score (nSPS) is 18.9. The summed E-state index contributed by atoms with van der Waals surface area (Å²) in [5.41, 5.74) is 0.870. The lowest BCUT2D eigenvalue weighted by atomic mass is 9.90. The Hall–Kier alpha value is -1.89. The van der Waals surface area contributed by atoms with E-state index < -0.39 is 12.2 Å². The van der Waals surface area contributed by atoms with E-state index in [1.807, 2.05) is 42.1 Å². The molecule has 2 aromatic rings. The summed E-state index contributed by atoms with van der Waals surface area (Å²) in [7, 11) is 3.54. The number of aliphatic hydroxyl groups is 2. The van der Waals surface area contributed by atoms with Gasteiger partial charge in [-0.15, -0.1) is 0 Å². The Morgan fingerprint density at radius 2 is 2.04 bits per heavy atom. The molecule has 6 nitrogen and oxygen atoms in total. The molecule has 0 saturated carbocycles. The predicted octanol–water partition coefficient (Wildman–Crippen LogP) is 1.91. The molecule has 1 fully saturated rings. The number of β-amino-alcohol motifs (C(OH)–C–C–N with tert-alkyl or cyclic N) is 1. The molecule has 136 valence electrons. The molecule has 2 atom stereocenters. The van der Waals surface area contributed by atoms with E-state index in [9.17, 15) is 10.2 Å². The Labute approximate surface area is 148 Å². The van der Waals surface area contributed by atoms with Gasteiger partial charge in [0, 0.05) is 26.0 Å². The van der Waals surface area contributed by atoms with Gasteiger partial charge < -0.3 is 24.4 Å². The molecule has 0 amide bonds. The number of likely N-dealkylation sites (tertiary alicyclic amines) is 1. The summed E-state index contributed by atoms with van der Waals surface area (Å²) in [5, 5.41) is 21.0. The molecule has 25 heavy (non-hydrogen) atoms. The average molecular weight is 345 g/mol. The lowest BCUT2D eigenvalue weighted by molar-refractivity contribution is 0.0345. The molecule has 0 spiro atoms. The third-order valence-corrected chi connectivity index (χ3v) is 5.11. The fourth-order valence-electron chi connectivity index (χ4n) is 3.52. The van der Waals surface area contributed by atoms with E-state index in [1.165, 1.54) is 0 Å². The highest BCUT2D eigenvalue weighted by molar-refractivity contribution is 5.29. The molecule has 1 saturated heterocycles. The zero-order valence-corrected chi connectivity index (χ0v) is 14.9.